The van der Waals surface area contributed by atoms with Crippen LogP contribution in [-0.2, 0) is 0 Å². The lowest BCUT2D eigenvalue weighted by Gasteiger charge is -2.05. The van der Waals surface area contributed by atoms with E-state index in [9.17, 15) is 4.39 Å². The summed E-state index contributed by atoms with van der Waals surface area (Å²) >= 11 is 0. The van der Waals surface area contributed by atoms with Crippen molar-refractivity contribution in [2.24, 2.45) is 5.73 Å². The van der Waals surface area contributed by atoms with E-state index in [0.717, 1.165) is 0 Å². The molecule has 68 valence electrons. The first kappa shape index (κ1) is 9.32. The molecule has 0 aliphatic carbocycles. The molecular weight excluding hydrogens is 167 g/mol. The van der Waals surface area contributed by atoms with E-state index in [1.54, 1.807) is 12.1 Å². The summed E-state index contributed by atoms with van der Waals surface area (Å²) in [5.74, 6) is -0.384. The number of nitrogen functional groups attached to an aromatic ring is 1. The molecule has 4 N–H and O–H groups in total. The van der Waals surface area contributed by atoms with Gasteiger partial charge in [-0.2, -0.15) is 0 Å². The second-order valence-corrected chi connectivity index (χ2v) is 2.53. The van der Waals surface area contributed by atoms with E-state index in [2.05, 4.69) is 6.58 Å². The first-order valence-corrected chi connectivity index (χ1v) is 3.79. The Morgan fingerprint density at radius 2 is 2.08 bits per heavy atom. The maximum atomic E-state index is 13.1. The molecule has 1 aromatic carbocycles. The minimum Gasteiger partial charge on any atom is -0.405 e. The van der Waals surface area contributed by atoms with Crippen molar-refractivity contribution >= 4 is 17.8 Å². The number of hydrogen-bond acceptors (Lipinski definition) is 2. The molecule has 0 heterocycles. The summed E-state index contributed by atoms with van der Waals surface area (Å²) in [7, 11) is 0. The van der Waals surface area contributed by atoms with Gasteiger partial charge in [-0.15, -0.1) is 0 Å². The van der Waals surface area contributed by atoms with Gasteiger partial charge in [-0.05, 0) is 30.0 Å². The molecule has 0 aromatic heterocycles. The third-order valence-electron chi connectivity index (χ3n) is 1.75. The van der Waals surface area contributed by atoms with Crippen molar-refractivity contribution in [1.29, 1.82) is 0 Å². The quantitative estimate of drug-likeness (QED) is 0.680. The first-order chi connectivity index (χ1) is 6.20. The molecule has 0 unspecified atom stereocenters. The Morgan fingerprint density at radius 1 is 1.38 bits per heavy atom. The van der Waals surface area contributed by atoms with E-state index < -0.39 is 0 Å². The van der Waals surface area contributed by atoms with Gasteiger partial charge in [0.15, 0.2) is 0 Å². The monoisotopic (exact) mass is 178 g/mol. The summed E-state index contributed by atoms with van der Waals surface area (Å²) in [4.78, 5) is 0. The van der Waals surface area contributed by atoms with E-state index in [4.69, 9.17) is 11.5 Å². The molecule has 3 heteroatoms. The molecule has 1 rings (SSSR count). The molecule has 0 spiro atoms. The summed E-state index contributed by atoms with van der Waals surface area (Å²) in [6.07, 6.45) is 4.25. The van der Waals surface area contributed by atoms with E-state index in [1.807, 2.05) is 0 Å². The van der Waals surface area contributed by atoms with E-state index in [0.29, 0.717) is 16.8 Å². The van der Waals surface area contributed by atoms with Gasteiger partial charge in [0, 0.05) is 11.3 Å². The molecule has 2 nitrogen and oxygen atoms in total. The lowest BCUT2D eigenvalue weighted by Crippen LogP contribution is -1.96. The third kappa shape index (κ3) is 1.69. The van der Waals surface area contributed by atoms with Crippen LogP contribution in [0.4, 0.5) is 10.1 Å². The summed E-state index contributed by atoms with van der Waals surface area (Å²) in [5, 5.41) is 0. The molecule has 1 aromatic rings. The Hall–Kier alpha value is -1.77. The van der Waals surface area contributed by atoms with Gasteiger partial charge in [-0.1, -0.05) is 12.7 Å². The van der Waals surface area contributed by atoms with Gasteiger partial charge < -0.3 is 11.5 Å². The fourth-order valence-electron chi connectivity index (χ4n) is 1.07. The van der Waals surface area contributed by atoms with Gasteiger partial charge in [0.05, 0.1) is 0 Å². The highest BCUT2D eigenvalue weighted by molar-refractivity contribution is 5.74. The van der Waals surface area contributed by atoms with Gasteiger partial charge in [-0.3, -0.25) is 0 Å². The normalized spacial score (nSPS) is 10.5. The molecule has 0 radical (unpaired) electrons. The number of benzene rings is 1. The Morgan fingerprint density at radius 3 is 2.62 bits per heavy atom. The van der Waals surface area contributed by atoms with Gasteiger partial charge in [0.2, 0.25) is 0 Å². The average Bonchev–Trinajstić information content (AvgIpc) is 2.12. The van der Waals surface area contributed by atoms with Crippen LogP contribution in [0.1, 0.15) is 11.1 Å². The van der Waals surface area contributed by atoms with Crippen LogP contribution in [0.25, 0.3) is 12.2 Å². The fourth-order valence-corrected chi connectivity index (χ4v) is 1.07. The van der Waals surface area contributed by atoms with Crippen LogP contribution in [0.15, 0.2) is 24.9 Å². The van der Waals surface area contributed by atoms with Crippen LogP contribution in [0.5, 0.6) is 0 Å². The van der Waals surface area contributed by atoms with E-state index in [1.165, 1.54) is 18.3 Å². The van der Waals surface area contributed by atoms with Crippen molar-refractivity contribution in [3.63, 3.8) is 0 Å². The summed E-state index contributed by atoms with van der Waals surface area (Å²) in [5.41, 5.74) is 12.2. The largest absolute Gasteiger partial charge is 0.405 e. The SMILES string of the molecule is C=Cc1ccc(F)c(/C=C\N)c1N. The highest BCUT2D eigenvalue weighted by Gasteiger charge is 2.05. The van der Waals surface area contributed by atoms with Crippen LogP contribution in [0.2, 0.25) is 0 Å². The summed E-state index contributed by atoms with van der Waals surface area (Å²) < 4.78 is 13.1. The van der Waals surface area contributed by atoms with Crippen molar-refractivity contribution < 1.29 is 4.39 Å². The van der Waals surface area contributed by atoms with Crippen molar-refractivity contribution in [2.75, 3.05) is 5.73 Å². The standard InChI is InChI=1S/C10H11FN2/c1-2-7-3-4-9(11)8(5-6-12)10(7)13/h2-6H,1,12-13H2/b6-5-. The number of hydrogen-bond donors (Lipinski definition) is 2. The van der Waals surface area contributed by atoms with Crippen molar-refractivity contribution in [3.8, 4) is 0 Å². The number of anilines is 1. The predicted molar refractivity (Wildman–Crippen MR) is 54.1 cm³/mol. The maximum absolute atomic E-state index is 13.1. The van der Waals surface area contributed by atoms with Crippen LogP contribution in [0, 0.1) is 5.82 Å². The molecule has 13 heavy (non-hydrogen) atoms. The number of halogens is 1. The topological polar surface area (TPSA) is 52.0 Å². The van der Waals surface area contributed by atoms with Crippen molar-refractivity contribution in [1.82, 2.24) is 0 Å². The zero-order chi connectivity index (χ0) is 9.84. The Balaban J connectivity index is 3.37. The molecule has 0 saturated heterocycles. The van der Waals surface area contributed by atoms with Crippen LogP contribution >= 0.6 is 0 Å². The van der Waals surface area contributed by atoms with Crippen LogP contribution in [-0.4, -0.2) is 0 Å². The third-order valence-corrected chi connectivity index (χ3v) is 1.75. The Bertz CT molecular complexity index is 356. The lowest BCUT2D eigenvalue weighted by atomic mass is 10.1. The predicted octanol–water partition coefficient (Wildman–Crippen LogP) is 1.98. The summed E-state index contributed by atoms with van der Waals surface area (Å²) in [6, 6.07) is 2.91. The van der Waals surface area contributed by atoms with Gasteiger partial charge >= 0.3 is 0 Å². The molecule has 0 fully saturated rings. The summed E-state index contributed by atoms with van der Waals surface area (Å²) in [6.45, 7) is 3.56. The van der Waals surface area contributed by atoms with Gasteiger partial charge in [0.25, 0.3) is 0 Å². The highest BCUT2D eigenvalue weighted by Crippen LogP contribution is 2.22. The van der Waals surface area contributed by atoms with E-state index >= 15 is 0 Å². The average molecular weight is 178 g/mol. The zero-order valence-electron chi connectivity index (χ0n) is 7.13. The Labute approximate surface area is 76.4 Å². The molecule has 0 aliphatic rings. The number of rotatable bonds is 2. The van der Waals surface area contributed by atoms with Crippen molar-refractivity contribution in [3.05, 3.63) is 41.9 Å². The molecule has 0 bridgehead atoms. The van der Waals surface area contributed by atoms with Crippen molar-refractivity contribution in [2.45, 2.75) is 0 Å². The minimum atomic E-state index is -0.384. The fraction of sp³-hybridized carbons (Fsp3) is 0. The molecule has 0 aliphatic heterocycles. The lowest BCUT2D eigenvalue weighted by molar-refractivity contribution is 0.625. The second-order valence-electron chi connectivity index (χ2n) is 2.53. The zero-order valence-corrected chi connectivity index (χ0v) is 7.13. The molecule has 0 atom stereocenters. The second kappa shape index (κ2) is 3.76. The molecule has 0 amide bonds. The molecule has 0 saturated carbocycles. The first-order valence-electron chi connectivity index (χ1n) is 3.79. The Kier molecular flexibility index (Phi) is 2.69. The smallest absolute Gasteiger partial charge is 0.132 e. The van der Waals surface area contributed by atoms with Gasteiger partial charge in [0.1, 0.15) is 5.82 Å². The van der Waals surface area contributed by atoms with Crippen LogP contribution < -0.4 is 11.5 Å². The van der Waals surface area contributed by atoms with Gasteiger partial charge in [-0.25, -0.2) is 4.39 Å². The molecular formula is C10H11FN2. The van der Waals surface area contributed by atoms with E-state index in [-0.39, 0.29) is 5.82 Å². The maximum Gasteiger partial charge on any atom is 0.132 e. The highest BCUT2D eigenvalue weighted by atomic mass is 19.1. The van der Waals surface area contributed by atoms with Crippen LogP contribution in [0.3, 0.4) is 0 Å². The number of nitrogens with two attached hydrogens (primary N) is 2. The minimum absolute atomic E-state index is 0.305.